The smallest absolute Gasteiger partial charge is 0.300 e. The van der Waals surface area contributed by atoms with Crippen LogP contribution >= 0.6 is 34.7 Å². The SMILES string of the molecule is CSC(CO)C(C)NS(=O)(=O)c1cc([N+](=O)[O-])c(Cl)s1. The average Bonchev–Trinajstić information content (AvgIpc) is 2.73. The van der Waals surface area contributed by atoms with Gasteiger partial charge in [0.05, 0.1) is 11.5 Å². The van der Waals surface area contributed by atoms with Crippen LogP contribution < -0.4 is 4.72 Å². The standard InChI is InChI=1S/C9H13ClN2O5S3/c1-5(7(4-13)18-2)11-20(16,17)8-3-6(12(14)15)9(10)19-8/h3,5,7,11,13H,4H2,1-2H3. The summed E-state index contributed by atoms with van der Waals surface area (Å²) in [5, 5.41) is 19.5. The molecule has 1 aromatic rings. The Bertz CT molecular complexity index is 584. The number of halogens is 1. The molecule has 0 fully saturated rings. The third-order valence-electron chi connectivity index (χ3n) is 2.49. The van der Waals surface area contributed by atoms with Gasteiger partial charge in [-0.25, -0.2) is 13.1 Å². The highest BCUT2D eigenvalue weighted by Crippen LogP contribution is 2.36. The van der Waals surface area contributed by atoms with Crippen LogP contribution in [0.4, 0.5) is 5.69 Å². The molecule has 1 heterocycles. The minimum absolute atomic E-state index is 0.184. The average molecular weight is 361 g/mol. The number of thioether (sulfide) groups is 1. The molecule has 11 heteroatoms. The van der Waals surface area contributed by atoms with Crippen molar-refractivity contribution in [1.29, 1.82) is 0 Å². The summed E-state index contributed by atoms with van der Waals surface area (Å²) in [6.07, 6.45) is 1.75. The maximum atomic E-state index is 12.1. The second-order valence-electron chi connectivity index (χ2n) is 3.85. The predicted octanol–water partition coefficient (Wildman–Crippen LogP) is 1.70. The van der Waals surface area contributed by atoms with Crippen molar-refractivity contribution in [2.24, 2.45) is 0 Å². The fourth-order valence-electron chi connectivity index (χ4n) is 1.41. The number of aliphatic hydroxyl groups is 1. The van der Waals surface area contributed by atoms with Crippen LogP contribution in [0.2, 0.25) is 4.34 Å². The van der Waals surface area contributed by atoms with Gasteiger partial charge in [0.15, 0.2) is 4.34 Å². The largest absolute Gasteiger partial charge is 0.395 e. The van der Waals surface area contributed by atoms with Crippen LogP contribution in [-0.4, -0.2) is 42.6 Å². The quantitative estimate of drug-likeness (QED) is 0.565. The van der Waals surface area contributed by atoms with Gasteiger partial charge in [-0.2, -0.15) is 11.8 Å². The molecule has 0 aliphatic rings. The van der Waals surface area contributed by atoms with E-state index in [9.17, 15) is 18.5 Å². The van der Waals surface area contributed by atoms with Crippen molar-refractivity contribution in [3.63, 3.8) is 0 Å². The Morgan fingerprint density at radius 3 is 2.65 bits per heavy atom. The van der Waals surface area contributed by atoms with Gasteiger partial charge in [0.25, 0.3) is 15.7 Å². The highest BCUT2D eigenvalue weighted by atomic mass is 35.5. The number of nitrogens with zero attached hydrogens (tertiary/aromatic N) is 1. The molecule has 0 saturated heterocycles. The maximum absolute atomic E-state index is 12.1. The molecule has 20 heavy (non-hydrogen) atoms. The van der Waals surface area contributed by atoms with Crippen molar-refractivity contribution in [2.45, 2.75) is 22.4 Å². The van der Waals surface area contributed by atoms with Gasteiger partial charge in [-0.1, -0.05) is 11.6 Å². The lowest BCUT2D eigenvalue weighted by atomic mass is 10.3. The Morgan fingerprint density at radius 2 is 2.25 bits per heavy atom. The molecular formula is C9H13ClN2O5S3. The van der Waals surface area contributed by atoms with Gasteiger partial charge in [-0.15, -0.1) is 11.3 Å². The first-order valence-electron chi connectivity index (χ1n) is 5.32. The highest BCUT2D eigenvalue weighted by molar-refractivity contribution is 7.99. The topological polar surface area (TPSA) is 110 Å². The molecule has 0 radical (unpaired) electrons. The summed E-state index contributed by atoms with van der Waals surface area (Å²) in [5.41, 5.74) is -0.437. The van der Waals surface area contributed by atoms with Crippen LogP contribution in [0, 0.1) is 10.1 Å². The van der Waals surface area contributed by atoms with Gasteiger partial charge in [0.2, 0.25) is 0 Å². The first kappa shape index (κ1) is 17.7. The van der Waals surface area contributed by atoms with Crippen LogP contribution in [0.25, 0.3) is 0 Å². The van der Waals surface area contributed by atoms with Crippen molar-refractivity contribution in [2.75, 3.05) is 12.9 Å². The molecule has 0 aliphatic carbocycles. The number of sulfonamides is 1. The number of thiophene rings is 1. The van der Waals surface area contributed by atoms with E-state index in [1.54, 1.807) is 13.2 Å². The zero-order valence-electron chi connectivity index (χ0n) is 10.6. The molecule has 1 aromatic heterocycles. The van der Waals surface area contributed by atoms with Crippen molar-refractivity contribution in [1.82, 2.24) is 4.72 Å². The zero-order valence-corrected chi connectivity index (χ0v) is 13.8. The summed E-state index contributed by atoms with van der Waals surface area (Å²) in [7, 11) is -3.90. The van der Waals surface area contributed by atoms with Gasteiger partial charge >= 0.3 is 0 Å². The normalized spacial score (nSPS) is 15.0. The van der Waals surface area contributed by atoms with E-state index in [2.05, 4.69) is 4.72 Å². The molecule has 1 rings (SSSR count). The number of nitrogens with one attached hydrogen (secondary N) is 1. The first-order chi connectivity index (χ1) is 9.22. The Hall–Kier alpha value is -0.390. The molecule has 0 saturated carbocycles. The van der Waals surface area contributed by atoms with E-state index in [0.29, 0.717) is 11.3 Å². The van der Waals surface area contributed by atoms with Crippen LogP contribution in [0.3, 0.4) is 0 Å². The van der Waals surface area contributed by atoms with Crippen LogP contribution in [0.5, 0.6) is 0 Å². The zero-order chi connectivity index (χ0) is 15.5. The summed E-state index contributed by atoms with van der Waals surface area (Å²) in [5.74, 6) is 0. The summed E-state index contributed by atoms with van der Waals surface area (Å²) >= 11 is 7.58. The van der Waals surface area contributed by atoms with Crippen LogP contribution in [0.1, 0.15) is 6.92 Å². The maximum Gasteiger partial charge on any atom is 0.300 e. The summed E-state index contributed by atoms with van der Waals surface area (Å²) in [4.78, 5) is 9.92. The molecule has 0 spiro atoms. The van der Waals surface area contributed by atoms with Gasteiger partial charge in [0, 0.05) is 17.4 Å². The minimum atomic E-state index is -3.90. The molecule has 0 bridgehead atoms. The van der Waals surface area contributed by atoms with Crippen LogP contribution in [0.15, 0.2) is 10.3 Å². The van der Waals surface area contributed by atoms with E-state index in [0.717, 1.165) is 6.07 Å². The molecule has 2 atom stereocenters. The van der Waals surface area contributed by atoms with E-state index >= 15 is 0 Å². The molecule has 0 aromatic carbocycles. The lowest BCUT2D eigenvalue weighted by Crippen LogP contribution is -2.40. The van der Waals surface area contributed by atoms with Crippen molar-refractivity contribution >= 4 is 50.4 Å². The first-order valence-corrected chi connectivity index (χ1v) is 9.29. The van der Waals surface area contributed by atoms with E-state index in [1.807, 2.05) is 0 Å². The van der Waals surface area contributed by atoms with E-state index < -0.39 is 26.7 Å². The van der Waals surface area contributed by atoms with Gasteiger partial charge in [-0.05, 0) is 13.2 Å². The Labute approximate surface area is 129 Å². The molecule has 114 valence electrons. The lowest BCUT2D eigenvalue weighted by molar-refractivity contribution is -0.384. The molecular weight excluding hydrogens is 348 g/mol. The molecule has 2 N–H and O–H groups in total. The Balaban J connectivity index is 3.00. The molecule has 0 aliphatic heterocycles. The number of aliphatic hydroxyl groups excluding tert-OH is 1. The molecule has 2 unspecified atom stereocenters. The number of hydrogen-bond acceptors (Lipinski definition) is 7. The summed E-state index contributed by atoms with van der Waals surface area (Å²) in [6, 6.07) is 0.398. The minimum Gasteiger partial charge on any atom is -0.395 e. The molecule has 0 amide bonds. The van der Waals surface area contributed by atoms with E-state index in [-0.39, 0.29) is 20.4 Å². The second-order valence-corrected chi connectivity index (χ2v) is 8.52. The fourth-order valence-corrected chi connectivity index (χ4v) is 5.09. The second kappa shape index (κ2) is 7.05. The number of nitro groups is 1. The highest BCUT2D eigenvalue weighted by Gasteiger charge is 2.28. The van der Waals surface area contributed by atoms with Crippen LogP contribution in [-0.2, 0) is 10.0 Å². The number of hydrogen-bond donors (Lipinski definition) is 2. The summed E-state index contributed by atoms with van der Waals surface area (Å²) < 4.78 is 26.2. The van der Waals surface area contributed by atoms with E-state index in [4.69, 9.17) is 16.7 Å². The third-order valence-corrected chi connectivity index (χ3v) is 7.02. The monoisotopic (exact) mass is 360 g/mol. The van der Waals surface area contributed by atoms with Crippen molar-refractivity contribution < 1.29 is 18.4 Å². The predicted molar refractivity (Wildman–Crippen MR) is 80.2 cm³/mol. The Kier molecular flexibility index (Phi) is 6.23. The third kappa shape index (κ3) is 4.06. The van der Waals surface area contributed by atoms with Gasteiger partial charge < -0.3 is 5.11 Å². The number of rotatable bonds is 7. The van der Waals surface area contributed by atoms with Crippen molar-refractivity contribution in [3.05, 3.63) is 20.5 Å². The van der Waals surface area contributed by atoms with E-state index in [1.165, 1.54) is 11.8 Å². The Morgan fingerprint density at radius 1 is 1.65 bits per heavy atom. The van der Waals surface area contributed by atoms with Crippen molar-refractivity contribution in [3.8, 4) is 0 Å². The van der Waals surface area contributed by atoms with Gasteiger partial charge in [-0.3, -0.25) is 10.1 Å². The fraction of sp³-hybridized carbons (Fsp3) is 0.556. The molecule has 7 nitrogen and oxygen atoms in total. The lowest BCUT2D eigenvalue weighted by Gasteiger charge is -2.20. The van der Waals surface area contributed by atoms with Gasteiger partial charge in [0.1, 0.15) is 4.21 Å². The summed E-state index contributed by atoms with van der Waals surface area (Å²) in [6.45, 7) is 1.43.